The number of amides is 2. The minimum atomic E-state index is -4.78. The van der Waals surface area contributed by atoms with Gasteiger partial charge in [-0.1, -0.05) is 48.5 Å². The minimum absolute atomic E-state index is 0. The van der Waals surface area contributed by atoms with E-state index in [0.717, 1.165) is 12.1 Å². The van der Waals surface area contributed by atoms with Crippen molar-refractivity contribution in [1.29, 1.82) is 0 Å². The molecule has 0 aliphatic rings. The van der Waals surface area contributed by atoms with E-state index in [4.69, 9.17) is 0 Å². The molecule has 11 heteroatoms. The fraction of sp³-hybridized carbons (Fsp3) is 0. The van der Waals surface area contributed by atoms with Crippen molar-refractivity contribution in [3.8, 4) is 0 Å². The van der Waals surface area contributed by atoms with E-state index in [2.05, 4.69) is 20.9 Å². The van der Waals surface area contributed by atoms with Crippen molar-refractivity contribution in [2.75, 3.05) is 10.6 Å². The van der Waals surface area contributed by atoms with Crippen molar-refractivity contribution < 1.29 is 52.1 Å². The van der Waals surface area contributed by atoms with E-state index in [1.54, 1.807) is 84.9 Å². The fourth-order valence-electron chi connectivity index (χ4n) is 3.20. The summed E-state index contributed by atoms with van der Waals surface area (Å²) in [6.07, 6.45) is 0. The van der Waals surface area contributed by atoms with Gasteiger partial charge in [-0.2, -0.15) is 0 Å². The van der Waals surface area contributed by atoms with Crippen LogP contribution in [0, 0.1) is 0 Å². The van der Waals surface area contributed by atoms with E-state index >= 15 is 0 Å². The van der Waals surface area contributed by atoms with E-state index in [9.17, 15) is 22.6 Å². The second-order valence-electron chi connectivity index (χ2n) is 7.49. The van der Waals surface area contributed by atoms with Crippen LogP contribution in [0.1, 0.15) is 20.7 Å². The summed E-state index contributed by atoms with van der Waals surface area (Å²) in [6.45, 7) is 0. The van der Waals surface area contributed by atoms with Gasteiger partial charge in [0, 0.05) is 11.1 Å². The number of anilines is 2. The van der Waals surface area contributed by atoms with Crippen LogP contribution in [-0.2, 0) is 10.1 Å². The van der Waals surface area contributed by atoms with Gasteiger partial charge in [0.15, 0.2) is 0 Å². The molecule has 0 fully saturated rings. The number of rotatable bonds is 7. The molecule has 0 unspecified atom stereocenters. The van der Waals surface area contributed by atoms with Crippen molar-refractivity contribution in [2.24, 2.45) is 10.2 Å². The first-order valence-electron chi connectivity index (χ1n) is 10.6. The summed E-state index contributed by atoms with van der Waals surface area (Å²) in [6, 6.07) is 27.0. The molecule has 0 aliphatic heterocycles. The average molecular weight is 523 g/mol. The Bertz CT molecular complexity index is 1550. The largest absolute Gasteiger partial charge is 1.00 e. The monoisotopic (exact) mass is 522 g/mol. The van der Waals surface area contributed by atoms with Crippen molar-refractivity contribution in [1.82, 2.24) is 0 Å². The van der Waals surface area contributed by atoms with Gasteiger partial charge in [0.1, 0.15) is 21.5 Å². The quantitative estimate of drug-likeness (QED) is 0.218. The number of nitrogens with zero attached hydrogens (tertiary/aromatic N) is 2. The number of carbonyl (C=O) groups excluding carboxylic acids is 2. The molecule has 37 heavy (non-hydrogen) atoms. The Morgan fingerprint density at radius 1 is 0.622 bits per heavy atom. The van der Waals surface area contributed by atoms with Gasteiger partial charge in [-0.05, 0) is 54.6 Å². The zero-order valence-corrected chi connectivity index (χ0v) is 22.5. The van der Waals surface area contributed by atoms with Crippen molar-refractivity contribution in [3.05, 3.63) is 114 Å². The molecular formula is C26H19N4NaO5S. The van der Waals surface area contributed by atoms with Gasteiger partial charge in [0.25, 0.3) is 11.8 Å². The third kappa shape index (κ3) is 7.42. The summed E-state index contributed by atoms with van der Waals surface area (Å²) < 4.78 is 34.6. The van der Waals surface area contributed by atoms with Crippen LogP contribution in [0.15, 0.2) is 118 Å². The average Bonchev–Trinajstić information content (AvgIpc) is 2.89. The van der Waals surface area contributed by atoms with Crippen LogP contribution < -0.4 is 40.2 Å². The summed E-state index contributed by atoms with van der Waals surface area (Å²) in [7, 11) is -4.78. The SMILES string of the molecule is O=C(Nc1ccccc1N=Nc1ccc(S(=O)(=O)[O-])cc1NC(=O)c1ccccc1)c1ccccc1.[Na+]. The number of nitrogens with one attached hydrogen (secondary N) is 2. The normalized spacial score (nSPS) is 10.9. The van der Waals surface area contributed by atoms with Gasteiger partial charge >= 0.3 is 29.6 Å². The number of para-hydroxylation sites is 1. The smallest absolute Gasteiger partial charge is 0.744 e. The van der Waals surface area contributed by atoms with Gasteiger partial charge in [-0.15, -0.1) is 10.2 Å². The van der Waals surface area contributed by atoms with Crippen LogP contribution in [0.4, 0.5) is 22.7 Å². The molecule has 4 rings (SSSR count). The Balaban J connectivity index is 0.00000380. The van der Waals surface area contributed by atoms with Crippen LogP contribution in [0.5, 0.6) is 0 Å². The standard InChI is InChI=1S/C26H20N4O5S.Na/c31-25(18-9-3-1-4-10-18)27-21-13-7-8-14-22(21)29-30-23-16-15-20(36(33,34)35)17-24(23)28-26(32)19-11-5-2-6-12-19;/h1-17H,(H,27,31)(H,28,32)(H,33,34,35);/q;+1/p-1. The molecule has 0 radical (unpaired) electrons. The van der Waals surface area contributed by atoms with E-state index in [1.807, 2.05) is 0 Å². The summed E-state index contributed by atoms with van der Waals surface area (Å²) in [5, 5.41) is 13.7. The van der Waals surface area contributed by atoms with Crippen LogP contribution in [0.3, 0.4) is 0 Å². The van der Waals surface area contributed by atoms with Crippen molar-refractivity contribution >= 4 is 44.7 Å². The topological polar surface area (TPSA) is 140 Å². The summed E-state index contributed by atoms with van der Waals surface area (Å²) in [5.41, 5.74) is 1.59. The van der Waals surface area contributed by atoms with Crippen LogP contribution in [0.25, 0.3) is 0 Å². The van der Waals surface area contributed by atoms with E-state index in [1.165, 1.54) is 6.07 Å². The molecule has 9 nitrogen and oxygen atoms in total. The maximum Gasteiger partial charge on any atom is 1.00 e. The molecule has 0 atom stereocenters. The summed E-state index contributed by atoms with van der Waals surface area (Å²) in [5.74, 6) is -0.859. The van der Waals surface area contributed by atoms with Crippen LogP contribution >= 0.6 is 0 Å². The minimum Gasteiger partial charge on any atom is -0.744 e. The maximum absolute atomic E-state index is 12.7. The van der Waals surface area contributed by atoms with Crippen LogP contribution in [0.2, 0.25) is 0 Å². The Morgan fingerprint density at radius 2 is 1.08 bits per heavy atom. The first-order chi connectivity index (χ1) is 17.3. The molecule has 0 bridgehead atoms. The van der Waals surface area contributed by atoms with Crippen molar-refractivity contribution in [2.45, 2.75) is 4.90 Å². The summed E-state index contributed by atoms with van der Waals surface area (Å²) in [4.78, 5) is 24.7. The Kier molecular flexibility index (Phi) is 9.45. The molecular weight excluding hydrogens is 503 g/mol. The molecule has 2 amide bonds. The Morgan fingerprint density at radius 3 is 1.62 bits per heavy atom. The van der Waals surface area contributed by atoms with Gasteiger partial charge in [-0.3, -0.25) is 9.59 Å². The predicted octanol–water partition coefficient (Wildman–Crippen LogP) is 2.51. The van der Waals surface area contributed by atoms with Gasteiger partial charge in [0.05, 0.1) is 16.3 Å². The van der Waals surface area contributed by atoms with Crippen molar-refractivity contribution in [3.63, 3.8) is 0 Å². The first-order valence-corrected chi connectivity index (χ1v) is 12.1. The molecule has 0 saturated carbocycles. The molecule has 4 aromatic rings. The van der Waals surface area contributed by atoms with E-state index in [0.29, 0.717) is 22.5 Å². The maximum atomic E-state index is 12.7. The van der Waals surface area contributed by atoms with Gasteiger partial charge in [0.2, 0.25) is 0 Å². The molecule has 4 aromatic carbocycles. The second-order valence-corrected chi connectivity index (χ2v) is 8.87. The molecule has 0 aromatic heterocycles. The number of carbonyl (C=O) groups is 2. The third-order valence-corrected chi connectivity index (χ3v) is 5.83. The second kappa shape index (κ2) is 12.5. The third-order valence-electron chi connectivity index (χ3n) is 4.99. The number of hydrogen-bond donors (Lipinski definition) is 2. The molecule has 0 saturated heterocycles. The van der Waals surface area contributed by atoms with Gasteiger partial charge in [-0.25, -0.2) is 8.42 Å². The van der Waals surface area contributed by atoms with E-state index < -0.39 is 20.9 Å². The first kappa shape index (κ1) is 27.9. The summed E-state index contributed by atoms with van der Waals surface area (Å²) >= 11 is 0. The van der Waals surface area contributed by atoms with Crippen LogP contribution in [-0.4, -0.2) is 24.8 Å². The molecule has 0 aliphatic carbocycles. The Hall–Kier alpha value is -3.67. The number of hydrogen-bond acceptors (Lipinski definition) is 7. The fourth-order valence-corrected chi connectivity index (χ4v) is 3.70. The molecule has 0 heterocycles. The molecule has 2 N–H and O–H groups in total. The molecule has 180 valence electrons. The zero-order chi connectivity index (χ0) is 25.5. The van der Waals surface area contributed by atoms with E-state index in [-0.39, 0.29) is 46.8 Å². The molecule has 0 spiro atoms. The number of azo groups is 1. The Labute approximate surface area is 235 Å². The zero-order valence-electron chi connectivity index (χ0n) is 19.7. The number of benzene rings is 4. The predicted molar refractivity (Wildman–Crippen MR) is 134 cm³/mol. The van der Waals surface area contributed by atoms with Gasteiger partial charge < -0.3 is 15.2 Å².